The summed E-state index contributed by atoms with van der Waals surface area (Å²) < 4.78 is 0. The standard InChI is InChI=1S/C14H26N4/c1-6-15-14-9-16-13(8-17-14)10-18(5)12(4)7-11(2)3/h8-9,11-12H,6-7,10H2,1-5H3,(H,15,17). The molecule has 0 bridgehead atoms. The molecule has 0 fully saturated rings. The number of nitrogens with one attached hydrogen (secondary N) is 1. The van der Waals surface area contributed by atoms with Gasteiger partial charge in [-0.3, -0.25) is 9.88 Å². The minimum atomic E-state index is 0.570. The zero-order valence-electron chi connectivity index (χ0n) is 12.3. The molecule has 1 aromatic heterocycles. The lowest BCUT2D eigenvalue weighted by molar-refractivity contribution is 0.218. The maximum absolute atomic E-state index is 4.43. The number of nitrogens with zero attached hydrogens (tertiary/aromatic N) is 3. The van der Waals surface area contributed by atoms with Crippen LogP contribution in [0.15, 0.2) is 12.4 Å². The summed E-state index contributed by atoms with van der Waals surface area (Å²) in [5.74, 6) is 1.57. The average Bonchev–Trinajstić information content (AvgIpc) is 2.31. The fraction of sp³-hybridized carbons (Fsp3) is 0.714. The van der Waals surface area contributed by atoms with Gasteiger partial charge in [0, 0.05) is 19.1 Å². The minimum absolute atomic E-state index is 0.570. The van der Waals surface area contributed by atoms with Gasteiger partial charge in [-0.2, -0.15) is 0 Å². The van der Waals surface area contributed by atoms with Crippen LogP contribution in [-0.4, -0.2) is 34.5 Å². The molecule has 0 amide bonds. The van der Waals surface area contributed by atoms with Gasteiger partial charge in [-0.15, -0.1) is 0 Å². The van der Waals surface area contributed by atoms with Crippen LogP contribution >= 0.6 is 0 Å². The molecule has 1 atom stereocenters. The van der Waals surface area contributed by atoms with Gasteiger partial charge in [-0.05, 0) is 33.2 Å². The van der Waals surface area contributed by atoms with Crippen molar-refractivity contribution in [3.8, 4) is 0 Å². The van der Waals surface area contributed by atoms with Gasteiger partial charge in [0.15, 0.2) is 0 Å². The molecule has 0 radical (unpaired) electrons. The van der Waals surface area contributed by atoms with Crippen LogP contribution in [0.3, 0.4) is 0 Å². The Balaban J connectivity index is 2.50. The number of rotatable bonds is 7. The van der Waals surface area contributed by atoms with E-state index in [9.17, 15) is 0 Å². The zero-order chi connectivity index (χ0) is 13.5. The van der Waals surface area contributed by atoms with E-state index in [1.807, 2.05) is 6.20 Å². The highest BCUT2D eigenvalue weighted by Gasteiger charge is 2.12. The second-order valence-electron chi connectivity index (χ2n) is 5.32. The molecular formula is C14H26N4. The molecule has 1 heterocycles. The van der Waals surface area contributed by atoms with E-state index in [2.05, 4.69) is 54.9 Å². The van der Waals surface area contributed by atoms with Gasteiger partial charge in [-0.25, -0.2) is 4.98 Å². The lowest BCUT2D eigenvalue weighted by Crippen LogP contribution is -2.30. The van der Waals surface area contributed by atoms with Gasteiger partial charge in [0.25, 0.3) is 0 Å². The number of hydrogen-bond acceptors (Lipinski definition) is 4. The summed E-state index contributed by atoms with van der Waals surface area (Å²) in [5, 5.41) is 3.15. The van der Waals surface area contributed by atoms with Gasteiger partial charge >= 0.3 is 0 Å². The van der Waals surface area contributed by atoms with Gasteiger partial charge < -0.3 is 5.32 Å². The normalized spacial score (nSPS) is 13.1. The molecule has 18 heavy (non-hydrogen) atoms. The number of anilines is 1. The largest absolute Gasteiger partial charge is 0.369 e. The SMILES string of the molecule is CCNc1cnc(CN(C)C(C)CC(C)C)cn1. The Labute approximate surface area is 111 Å². The summed E-state index contributed by atoms with van der Waals surface area (Å²) in [6.07, 6.45) is 4.87. The van der Waals surface area contributed by atoms with Crippen LogP contribution in [0.4, 0.5) is 5.82 Å². The lowest BCUT2D eigenvalue weighted by atomic mass is 10.0. The third kappa shape index (κ3) is 5.00. The molecule has 4 nitrogen and oxygen atoms in total. The van der Waals surface area contributed by atoms with E-state index in [1.165, 1.54) is 6.42 Å². The fourth-order valence-electron chi connectivity index (χ4n) is 1.98. The van der Waals surface area contributed by atoms with Gasteiger partial charge in [0.2, 0.25) is 0 Å². The highest BCUT2D eigenvalue weighted by Crippen LogP contribution is 2.12. The van der Waals surface area contributed by atoms with Gasteiger partial charge in [-0.1, -0.05) is 13.8 Å². The quantitative estimate of drug-likeness (QED) is 0.808. The smallest absolute Gasteiger partial charge is 0.144 e. The summed E-state index contributed by atoms with van der Waals surface area (Å²) in [5.41, 5.74) is 1.02. The molecule has 1 unspecified atom stereocenters. The van der Waals surface area contributed by atoms with Gasteiger partial charge in [0.1, 0.15) is 5.82 Å². The molecule has 102 valence electrons. The second-order valence-corrected chi connectivity index (χ2v) is 5.32. The third-order valence-corrected chi connectivity index (χ3v) is 3.04. The van der Waals surface area contributed by atoms with Crippen molar-refractivity contribution in [2.45, 2.75) is 46.7 Å². The van der Waals surface area contributed by atoms with Gasteiger partial charge in [0.05, 0.1) is 18.1 Å². The lowest BCUT2D eigenvalue weighted by Gasteiger charge is -2.25. The molecule has 4 heteroatoms. The molecular weight excluding hydrogens is 224 g/mol. The molecule has 0 spiro atoms. The molecule has 1 aromatic rings. The first kappa shape index (κ1) is 14.9. The van der Waals surface area contributed by atoms with E-state index in [0.29, 0.717) is 6.04 Å². The molecule has 0 saturated heterocycles. The van der Waals surface area contributed by atoms with Crippen molar-refractivity contribution in [1.82, 2.24) is 14.9 Å². The van der Waals surface area contributed by atoms with Crippen LogP contribution in [-0.2, 0) is 6.54 Å². The predicted molar refractivity (Wildman–Crippen MR) is 76.6 cm³/mol. The van der Waals surface area contributed by atoms with Crippen LogP contribution < -0.4 is 5.32 Å². The molecule has 1 rings (SSSR count). The van der Waals surface area contributed by atoms with Crippen LogP contribution in [0.25, 0.3) is 0 Å². The van der Waals surface area contributed by atoms with Crippen molar-refractivity contribution in [1.29, 1.82) is 0 Å². The molecule has 0 aromatic carbocycles. The van der Waals surface area contributed by atoms with E-state index >= 15 is 0 Å². The van der Waals surface area contributed by atoms with E-state index in [-0.39, 0.29) is 0 Å². The zero-order valence-corrected chi connectivity index (χ0v) is 12.3. The fourth-order valence-corrected chi connectivity index (χ4v) is 1.98. The molecule has 1 N–H and O–H groups in total. The van der Waals surface area contributed by atoms with Crippen molar-refractivity contribution in [3.63, 3.8) is 0 Å². The monoisotopic (exact) mass is 250 g/mol. The summed E-state index contributed by atoms with van der Waals surface area (Å²) in [7, 11) is 2.15. The van der Waals surface area contributed by atoms with Crippen molar-refractivity contribution < 1.29 is 0 Å². The predicted octanol–water partition coefficient (Wildman–Crippen LogP) is 2.77. The Kier molecular flexibility index (Phi) is 6.05. The Morgan fingerprint density at radius 3 is 2.44 bits per heavy atom. The highest BCUT2D eigenvalue weighted by molar-refractivity contribution is 5.30. The maximum Gasteiger partial charge on any atom is 0.144 e. The highest BCUT2D eigenvalue weighted by atomic mass is 15.1. The van der Waals surface area contributed by atoms with Crippen molar-refractivity contribution in [2.75, 3.05) is 18.9 Å². The summed E-state index contributed by atoms with van der Waals surface area (Å²) in [6, 6.07) is 0.570. The molecule has 0 aliphatic heterocycles. The topological polar surface area (TPSA) is 41.1 Å². The van der Waals surface area contributed by atoms with Crippen LogP contribution in [0.5, 0.6) is 0 Å². The van der Waals surface area contributed by atoms with E-state index < -0.39 is 0 Å². The summed E-state index contributed by atoms with van der Waals surface area (Å²) in [6.45, 7) is 10.6. The Morgan fingerprint density at radius 2 is 1.94 bits per heavy atom. The van der Waals surface area contributed by atoms with Crippen LogP contribution in [0, 0.1) is 5.92 Å². The maximum atomic E-state index is 4.43. The first-order valence-corrected chi connectivity index (χ1v) is 6.78. The average molecular weight is 250 g/mol. The van der Waals surface area contributed by atoms with Crippen molar-refractivity contribution in [2.24, 2.45) is 5.92 Å². The first-order chi connectivity index (χ1) is 8.52. The van der Waals surface area contributed by atoms with Crippen molar-refractivity contribution >= 4 is 5.82 Å². The van der Waals surface area contributed by atoms with E-state index in [4.69, 9.17) is 0 Å². The van der Waals surface area contributed by atoms with E-state index in [1.54, 1.807) is 6.20 Å². The molecule has 0 aliphatic carbocycles. The van der Waals surface area contributed by atoms with Crippen LogP contribution in [0.1, 0.15) is 39.8 Å². The van der Waals surface area contributed by atoms with Crippen molar-refractivity contribution in [3.05, 3.63) is 18.1 Å². The summed E-state index contributed by atoms with van der Waals surface area (Å²) in [4.78, 5) is 11.1. The Morgan fingerprint density at radius 1 is 1.22 bits per heavy atom. The molecule has 0 aliphatic rings. The summed E-state index contributed by atoms with van der Waals surface area (Å²) >= 11 is 0. The van der Waals surface area contributed by atoms with E-state index in [0.717, 1.165) is 30.5 Å². The van der Waals surface area contributed by atoms with Crippen LogP contribution in [0.2, 0.25) is 0 Å². The Bertz CT molecular complexity index is 334. The minimum Gasteiger partial charge on any atom is -0.369 e. The second kappa shape index (κ2) is 7.31. The number of aromatic nitrogens is 2. The third-order valence-electron chi connectivity index (χ3n) is 3.04. The number of hydrogen-bond donors (Lipinski definition) is 1. The molecule has 0 saturated carbocycles. The first-order valence-electron chi connectivity index (χ1n) is 6.78. The Hall–Kier alpha value is -1.16.